The first kappa shape index (κ1) is 11.2. The van der Waals surface area contributed by atoms with Crippen molar-refractivity contribution in [3.8, 4) is 5.75 Å². The third-order valence-electron chi connectivity index (χ3n) is 2.39. The van der Waals surface area contributed by atoms with E-state index in [0.29, 0.717) is 5.52 Å². The van der Waals surface area contributed by atoms with Crippen molar-refractivity contribution in [2.45, 2.75) is 6.92 Å². The van der Waals surface area contributed by atoms with Gasteiger partial charge in [0.1, 0.15) is 11.3 Å². The van der Waals surface area contributed by atoms with Gasteiger partial charge < -0.3 is 14.8 Å². The van der Waals surface area contributed by atoms with Crippen LogP contribution in [0.4, 0.5) is 0 Å². The Kier molecular flexibility index (Phi) is 2.82. The van der Waals surface area contributed by atoms with Crippen LogP contribution in [0.2, 0.25) is 0 Å². The molecule has 0 amide bonds. The molecule has 0 aliphatic heterocycles. The minimum atomic E-state index is -0.668. The molecule has 1 aromatic heterocycles. The number of phenols is 1. The van der Waals surface area contributed by atoms with Gasteiger partial charge in [-0.1, -0.05) is 6.07 Å². The number of aromatic amines is 1. The van der Waals surface area contributed by atoms with Crippen molar-refractivity contribution < 1.29 is 14.6 Å². The summed E-state index contributed by atoms with van der Waals surface area (Å²) >= 11 is 0. The number of benzene rings is 1. The van der Waals surface area contributed by atoms with Gasteiger partial charge in [0.15, 0.2) is 0 Å². The molecule has 0 spiro atoms. The number of fused-ring (bicyclic) bond motifs is 1. The third-order valence-corrected chi connectivity index (χ3v) is 2.39. The van der Waals surface area contributed by atoms with Crippen LogP contribution in [-0.2, 0) is 4.74 Å². The molecule has 0 saturated carbocycles. The Morgan fingerprint density at radius 2 is 2.24 bits per heavy atom. The first-order chi connectivity index (χ1) is 8.15. The Morgan fingerprint density at radius 1 is 1.47 bits per heavy atom. The van der Waals surface area contributed by atoms with E-state index < -0.39 is 11.4 Å². The molecule has 0 radical (unpaired) electrons. The number of pyridine rings is 1. The molecular formula is C12H11NO4. The van der Waals surface area contributed by atoms with Gasteiger partial charge in [-0.05, 0) is 19.1 Å². The SMILES string of the molecule is CCOC(=O)c1c[nH]c2c(O)cccc2c1=O. The highest BCUT2D eigenvalue weighted by Crippen LogP contribution is 2.19. The summed E-state index contributed by atoms with van der Waals surface area (Å²) < 4.78 is 4.77. The molecule has 0 saturated heterocycles. The molecule has 1 aromatic carbocycles. The highest BCUT2D eigenvalue weighted by atomic mass is 16.5. The van der Waals surface area contributed by atoms with E-state index >= 15 is 0 Å². The fourth-order valence-electron chi connectivity index (χ4n) is 1.60. The second kappa shape index (κ2) is 4.29. The molecule has 5 heteroatoms. The number of carbonyl (C=O) groups excluding carboxylic acids is 1. The summed E-state index contributed by atoms with van der Waals surface area (Å²) in [6.07, 6.45) is 1.25. The Labute approximate surface area is 96.7 Å². The first-order valence-corrected chi connectivity index (χ1v) is 5.15. The van der Waals surface area contributed by atoms with Crippen molar-refractivity contribution in [1.29, 1.82) is 0 Å². The number of hydrogen-bond donors (Lipinski definition) is 2. The van der Waals surface area contributed by atoms with Gasteiger partial charge in [0.05, 0.1) is 17.5 Å². The summed E-state index contributed by atoms with van der Waals surface area (Å²) in [4.78, 5) is 26.2. The average Bonchev–Trinajstić information content (AvgIpc) is 2.31. The fraction of sp³-hybridized carbons (Fsp3) is 0.167. The summed E-state index contributed by atoms with van der Waals surface area (Å²) in [7, 11) is 0. The molecule has 88 valence electrons. The highest BCUT2D eigenvalue weighted by Gasteiger charge is 2.14. The van der Waals surface area contributed by atoms with E-state index in [-0.39, 0.29) is 23.3 Å². The number of nitrogens with one attached hydrogen (secondary N) is 1. The first-order valence-electron chi connectivity index (χ1n) is 5.15. The molecule has 0 aliphatic carbocycles. The van der Waals surface area contributed by atoms with E-state index in [1.54, 1.807) is 13.0 Å². The number of H-pyrrole nitrogens is 1. The van der Waals surface area contributed by atoms with E-state index in [1.165, 1.54) is 18.3 Å². The van der Waals surface area contributed by atoms with Crippen molar-refractivity contribution in [2.75, 3.05) is 6.61 Å². The number of para-hydroxylation sites is 1. The predicted molar refractivity (Wildman–Crippen MR) is 62.2 cm³/mol. The van der Waals surface area contributed by atoms with Crippen molar-refractivity contribution >= 4 is 16.9 Å². The van der Waals surface area contributed by atoms with Gasteiger partial charge in [0.25, 0.3) is 0 Å². The molecule has 0 fully saturated rings. The lowest BCUT2D eigenvalue weighted by atomic mass is 10.1. The molecule has 5 nitrogen and oxygen atoms in total. The topological polar surface area (TPSA) is 79.4 Å². The monoisotopic (exact) mass is 233 g/mol. The molecule has 0 atom stereocenters. The number of carbonyl (C=O) groups is 1. The van der Waals surface area contributed by atoms with Crippen LogP contribution in [0.3, 0.4) is 0 Å². The minimum Gasteiger partial charge on any atom is -0.506 e. The molecule has 0 bridgehead atoms. The summed E-state index contributed by atoms with van der Waals surface area (Å²) in [6.45, 7) is 1.87. The van der Waals surface area contributed by atoms with Crippen LogP contribution in [0.5, 0.6) is 5.75 Å². The number of phenolic OH excluding ortho intramolecular Hbond substituents is 1. The van der Waals surface area contributed by atoms with Crippen molar-refractivity contribution in [3.05, 3.63) is 40.2 Å². The lowest BCUT2D eigenvalue weighted by molar-refractivity contribution is 0.0524. The number of hydrogen-bond acceptors (Lipinski definition) is 4. The van der Waals surface area contributed by atoms with Gasteiger partial charge in [-0.15, -0.1) is 0 Å². The highest BCUT2D eigenvalue weighted by molar-refractivity contribution is 5.94. The standard InChI is InChI=1S/C12H11NO4/c1-2-17-12(16)8-6-13-10-7(11(8)15)4-3-5-9(10)14/h3-6,14H,2H2,1H3,(H,13,15). The van der Waals surface area contributed by atoms with Gasteiger partial charge in [-0.25, -0.2) is 4.79 Å². The minimum absolute atomic E-state index is 0.0324. The zero-order chi connectivity index (χ0) is 12.4. The smallest absolute Gasteiger partial charge is 0.343 e. The van der Waals surface area contributed by atoms with Gasteiger partial charge >= 0.3 is 5.97 Å². The second-order valence-corrected chi connectivity index (χ2v) is 3.45. The van der Waals surface area contributed by atoms with Crippen LogP contribution < -0.4 is 5.43 Å². The van der Waals surface area contributed by atoms with Crippen LogP contribution in [0.15, 0.2) is 29.2 Å². The average molecular weight is 233 g/mol. The zero-order valence-corrected chi connectivity index (χ0v) is 9.19. The van der Waals surface area contributed by atoms with Crippen LogP contribution in [0.25, 0.3) is 10.9 Å². The van der Waals surface area contributed by atoms with Crippen molar-refractivity contribution in [3.63, 3.8) is 0 Å². The van der Waals surface area contributed by atoms with Gasteiger partial charge in [-0.2, -0.15) is 0 Å². The molecule has 2 N–H and O–H groups in total. The van der Waals surface area contributed by atoms with Gasteiger partial charge in [0, 0.05) is 6.20 Å². The molecule has 0 unspecified atom stereocenters. The van der Waals surface area contributed by atoms with Crippen molar-refractivity contribution in [1.82, 2.24) is 4.98 Å². The van der Waals surface area contributed by atoms with E-state index in [9.17, 15) is 14.7 Å². The Bertz CT molecular complexity index is 630. The largest absolute Gasteiger partial charge is 0.506 e. The molecular weight excluding hydrogens is 222 g/mol. The fourth-order valence-corrected chi connectivity index (χ4v) is 1.60. The maximum atomic E-state index is 12.0. The molecule has 0 aliphatic rings. The summed E-state index contributed by atoms with van der Waals surface area (Å²) in [5.41, 5.74) is -0.205. The number of ether oxygens (including phenoxy) is 1. The normalized spacial score (nSPS) is 10.4. The molecule has 17 heavy (non-hydrogen) atoms. The summed E-state index contributed by atoms with van der Waals surface area (Å²) in [5.74, 6) is -0.700. The number of aromatic nitrogens is 1. The molecule has 2 aromatic rings. The summed E-state index contributed by atoms with van der Waals surface area (Å²) in [6, 6.07) is 4.54. The molecule has 1 heterocycles. The van der Waals surface area contributed by atoms with E-state index in [1.807, 2.05) is 0 Å². The third kappa shape index (κ3) is 1.87. The van der Waals surface area contributed by atoms with Crippen LogP contribution >= 0.6 is 0 Å². The van der Waals surface area contributed by atoms with Gasteiger partial charge in [0.2, 0.25) is 5.43 Å². The number of rotatable bonds is 2. The number of aromatic hydroxyl groups is 1. The van der Waals surface area contributed by atoms with Crippen LogP contribution in [0, 0.1) is 0 Å². The summed E-state index contributed by atoms with van der Waals surface area (Å²) in [5, 5.41) is 9.80. The van der Waals surface area contributed by atoms with E-state index in [2.05, 4.69) is 4.98 Å². The van der Waals surface area contributed by atoms with E-state index in [4.69, 9.17) is 4.74 Å². The lowest BCUT2D eigenvalue weighted by Gasteiger charge is -2.04. The van der Waals surface area contributed by atoms with Crippen LogP contribution in [-0.4, -0.2) is 22.7 Å². The van der Waals surface area contributed by atoms with E-state index in [0.717, 1.165) is 0 Å². The maximum Gasteiger partial charge on any atom is 0.343 e. The van der Waals surface area contributed by atoms with Gasteiger partial charge in [-0.3, -0.25) is 4.79 Å². The Morgan fingerprint density at radius 3 is 2.94 bits per heavy atom. The van der Waals surface area contributed by atoms with Crippen molar-refractivity contribution in [2.24, 2.45) is 0 Å². The lowest BCUT2D eigenvalue weighted by Crippen LogP contribution is -2.18. The number of esters is 1. The zero-order valence-electron chi connectivity index (χ0n) is 9.19. The second-order valence-electron chi connectivity index (χ2n) is 3.45. The Balaban J connectivity index is 2.67. The quantitative estimate of drug-likeness (QED) is 0.768. The predicted octanol–water partition coefficient (Wildman–Crippen LogP) is 1.41. The van der Waals surface area contributed by atoms with Crippen LogP contribution in [0.1, 0.15) is 17.3 Å². The Hall–Kier alpha value is -2.30. The maximum absolute atomic E-state index is 12.0. The molecule has 2 rings (SSSR count).